The van der Waals surface area contributed by atoms with Gasteiger partial charge in [0.15, 0.2) is 0 Å². The molecule has 2 aromatic heterocycles. The maximum absolute atomic E-state index is 13.7. The molecular formula is C19H22FN3O2. The normalized spacial score (nSPS) is 11.7. The SMILES string of the molecule is CN(C)CCCC(=O)CCn1c(=O)c2cccn2c2ccc(F)cc21. The molecule has 0 saturated carbocycles. The average molecular weight is 343 g/mol. The fourth-order valence-corrected chi connectivity index (χ4v) is 3.11. The van der Waals surface area contributed by atoms with Crippen LogP contribution in [-0.4, -0.2) is 40.3 Å². The van der Waals surface area contributed by atoms with Crippen LogP contribution in [-0.2, 0) is 11.3 Å². The molecule has 0 N–H and O–H groups in total. The van der Waals surface area contributed by atoms with Crippen LogP contribution in [0.1, 0.15) is 19.3 Å². The lowest BCUT2D eigenvalue weighted by molar-refractivity contribution is -0.119. The van der Waals surface area contributed by atoms with Crippen molar-refractivity contribution in [1.82, 2.24) is 13.9 Å². The number of ketones is 1. The van der Waals surface area contributed by atoms with Crippen LogP contribution in [0, 0.1) is 5.82 Å². The Hall–Kier alpha value is -2.47. The number of rotatable bonds is 7. The summed E-state index contributed by atoms with van der Waals surface area (Å²) >= 11 is 0. The van der Waals surface area contributed by atoms with Gasteiger partial charge in [-0.15, -0.1) is 0 Å². The number of halogens is 1. The molecule has 132 valence electrons. The third kappa shape index (κ3) is 3.64. The molecule has 0 radical (unpaired) electrons. The van der Waals surface area contributed by atoms with E-state index in [1.807, 2.05) is 19.0 Å². The monoisotopic (exact) mass is 343 g/mol. The maximum Gasteiger partial charge on any atom is 0.275 e. The summed E-state index contributed by atoms with van der Waals surface area (Å²) in [4.78, 5) is 26.9. The van der Waals surface area contributed by atoms with Crippen molar-refractivity contribution in [2.24, 2.45) is 0 Å². The number of carbonyl (C=O) groups is 1. The van der Waals surface area contributed by atoms with Crippen LogP contribution in [0.15, 0.2) is 41.3 Å². The van der Waals surface area contributed by atoms with Crippen LogP contribution < -0.4 is 5.56 Å². The smallest absolute Gasteiger partial charge is 0.275 e. The highest BCUT2D eigenvalue weighted by molar-refractivity contribution is 5.80. The minimum absolute atomic E-state index is 0.119. The number of Topliss-reactive ketones (excluding diaryl/α,β-unsaturated/α-hetero) is 1. The van der Waals surface area contributed by atoms with Gasteiger partial charge in [0, 0.05) is 25.6 Å². The number of aromatic nitrogens is 2. The first-order valence-electron chi connectivity index (χ1n) is 8.43. The summed E-state index contributed by atoms with van der Waals surface area (Å²) in [7, 11) is 3.94. The Morgan fingerprint density at radius 3 is 2.68 bits per heavy atom. The Labute approximate surface area is 145 Å². The zero-order chi connectivity index (χ0) is 18.0. The molecule has 0 aliphatic carbocycles. The Morgan fingerprint density at radius 1 is 1.12 bits per heavy atom. The number of nitrogens with zero attached hydrogens (tertiary/aromatic N) is 3. The van der Waals surface area contributed by atoms with E-state index in [2.05, 4.69) is 0 Å². The molecule has 3 rings (SSSR count). The average Bonchev–Trinajstić information content (AvgIpc) is 3.04. The lowest BCUT2D eigenvalue weighted by Crippen LogP contribution is -2.24. The molecule has 5 nitrogen and oxygen atoms in total. The van der Waals surface area contributed by atoms with Gasteiger partial charge in [-0.1, -0.05) is 0 Å². The first-order chi connectivity index (χ1) is 12.0. The van der Waals surface area contributed by atoms with Crippen LogP contribution in [0.5, 0.6) is 0 Å². The molecule has 2 heterocycles. The molecule has 0 aliphatic heterocycles. The number of fused-ring (bicyclic) bond motifs is 3. The summed E-state index contributed by atoms with van der Waals surface area (Å²) in [5.41, 5.74) is 1.58. The van der Waals surface area contributed by atoms with Crippen molar-refractivity contribution in [2.45, 2.75) is 25.8 Å². The summed E-state index contributed by atoms with van der Waals surface area (Å²) in [6, 6.07) is 7.92. The highest BCUT2D eigenvalue weighted by Crippen LogP contribution is 2.17. The van der Waals surface area contributed by atoms with Gasteiger partial charge in [0.25, 0.3) is 5.56 Å². The van der Waals surface area contributed by atoms with Gasteiger partial charge in [-0.3, -0.25) is 9.59 Å². The molecule has 0 bridgehead atoms. The van der Waals surface area contributed by atoms with Gasteiger partial charge >= 0.3 is 0 Å². The van der Waals surface area contributed by atoms with Crippen LogP contribution in [0.2, 0.25) is 0 Å². The number of hydrogen-bond donors (Lipinski definition) is 0. The third-order valence-corrected chi connectivity index (χ3v) is 4.38. The van der Waals surface area contributed by atoms with Crippen molar-refractivity contribution in [2.75, 3.05) is 20.6 Å². The molecule has 0 spiro atoms. The quantitative estimate of drug-likeness (QED) is 0.663. The molecule has 0 amide bonds. The lowest BCUT2D eigenvalue weighted by Gasteiger charge is -2.13. The molecule has 0 aliphatic rings. The van der Waals surface area contributed by atoms with Crippen molar-refractivity contribution < 1.29 is 9.18 Å². The fraction of sp³-hybridized carbons (Fsp3) is 0.368. The van der Waals surface area contributed by atoms with Crippen molar-refractivity contribution in [3.05, 3.63) is 52.7 Å². The van der Waals surface area contributed by atoms with Gasteiger partial charge in [-0.2, -0.15) is 0 Å². The number of aryl methyl sites for hydroxylation is 1. The Bertz CT molecular complexity index is 972. The van der Waals surface area contributed by atoms with Crippen molar-refractivity contribution in [3.8, 4) is 0 Å². The highest BCUT2D eigenvalue weighted by atomic mass is 19.1. The van der Waals surface area contributed by atoms with Crippen LogP contribution in [0.25, 0.3) is 16.6 Å². The second kappa shape index (κ2) is 7.19. The molecule has 6 heteroatoms. The van der Waals surface area contributed by atoms with Crippen molar-refractivity contribution >= 4 is 22.3 Å². The highest BCUT2D eigenvalue weighted by Gasteiger charge is 2.12. The first kappa shape index (κ1) is 17.4. The molecule has 3 aromatic rings. The zero-order valence-electron chi connectivity index (χ0n) is 14.5. The zero-order valence-corrected chi connectivity index (χ0v) is 14.5. The molecule has 0 saturated heterocycles. The third-order valence-electron chi connectivity index (χ3n) is 4.38. The fourth-order valence-electron chi connectivity index (χ4n) is 3.11. The predicted molar refractivity (Wildman–Crippen MR) is 96.5 cm³/mol. The van der Waals surface area contributed by atoms with E-state index < -0.39 is 5.82 Å². The van der Waals surface area contributed by atoms with Gasteiger partial charge < -0.3 is 13.9 Å². The van der Waals surface area contributed by atoms with Gasteiger partial charge in [0.05, 0.1) is 11.0 Å². The molecule has 0 atom stereocenters. The summed E-state index contributed by atoms with van der Waals surface area (Å²) in [5, 5.41) is 0. The molecule has 1 aromatic carbocycles. The summed E-state index contributed by atoms with van der Waals surface area (Å²) in [6.07, 6.45) is 3.35. The second-order valence-electron chi connectivity index (χ2n) is 6.55. The van der Waals surface area contributed by atoms with E-state index in [0.29, 0.717) is 17.5 Å². The van der Waals surface area contributed by atoms with Crippen molar-refractivity contribution in [3.63, 3.8) is 0 Å². The van der Waals surface area contributed by atoms with Gasteiger partial charge in [0.2, 0.25) is 0 Å². The van der Waals surface area contributed by atoms with E-state index >= 15 is 0 Å². The Balaban J connectivity index is 1.89. The standard InChI is InChI=1S/C19H22FN3O2/c1-21(2)10-3-5-15(24)9-12-23-18-13-14(20)7-8-16(18)22-11-4-6-17(22)19(23)25/h4,6-8,11,13H,3,5,9-10,12H2,1-2H3. The lowest BCUT2D eigenvalue weighted by atomic mass is 10.1. The number of hydrogen-bond acceptors (Lipinski definition) is 3. The number of carbonyl (C=O) groups excluding carboxylic acids is 1. The van der Waals surface area contributed by atoms with Crippen LogP contribution >= 0.6 is 0 Å². The first-order valence-corrected chi connectivity index (χ1v) is 8.43. The summed E-state index contributed by atoms with van der Waals surface area (Å²) in [5.74, 6) is -0.280. The topological polar surface area (TPSA) is 46.7 Å². The molecule has 25 heavy (non-hydrogen) atoms. The summed E-state index contributed by atoms with van der Waals surface area (Å²) < 4.78 is 17.0. The minimum atomic E-state index is -0.399. The predicted octanol–water partition coefficient (Wildman–Crippen LogP) is 2.69. The van der Waals surface area contributed by atoms with Gasteiger partial charge in [0.1, 0.15) is 17.1 Å². The molecular weight excluding hydrogens is 321 g/mol. The van der Waals surface area contributed by atoms with E-state index in [4.69, 9.17) is 0 Å². The van der Waals surface area contributed by atoms with Gasteiger partial charge in [-0.25, -0.2) is 4.39 Å². The van der Waals surface area contributed by atoms with E-state index in [9.17, 15) is 14.0 Å². The molecule has 0 unspecified atom stereocenters. The van der Waals surface area contributed by atoms with E-state index in [1.54, 1.807) is 28.8 Å². The largest absolute Gasteiger partial charge is 0.310 e. The van der Waals surface area contributed by atoms with Crippen molar-refractivity contribution in [1.29, 1.82) is 0 Å². The van der Waals surface area contributed by atoms with Gasteiger partial charge in [-0.05, 0) is 57.4 Å². The van der Waals surface area contributed by atoms with E-state index in [-0.39, 0.29) is 24.3 Å². The minimum Gasteiger partial charge on any atom is -0.310 e. The second-order valence-corrected chi connectivity index (χ2v) is 6.55. The maximum atomic E-state index is 13.7. The Kier molecular flexibility index (Phi) is 4.99. The van der Waals surface area contributed by atoms with Crippen LogP contribution in [0.4, 0.5) is 4.39 Å². The molecule has 0 fully saturated rings. The van der Waals surface area contributed by atoms with E-state index in [1.165, 1.54) is 16.7 Å². The van der Waals surface area contributed by atoms with E-state index in [0.717, 1.165) is 18.5 Å². The summed E-state index contributed by atoms with van der Waals surface area (Å²) in [6.45, 7) is 1.12. The number of benzene rings is 1. The van der Waals surface area contributed by atoms with Crippen LogP contribution in [0.3, 0.4) is 0 Å². The Morgan fingerprint density at radius 2 is 1.92 bits per heavy atom.